The second-order valence-corrected chi connectivity index (χ2v) is 4.96. The number of piperidine rings is 1. The lowest BCUT2D eigenvalue weighted by molar-refractivity contribution is 0.0724. The third-order valence-electron chi connectivity index (χ3n) is 2.98. The van der Waals surface area contributed by atoms with Crippen molar-refractivity contribution in [2.24, 2.45) is 0 Å². The molecule has 1 heterocycles. The Morgan fingerprint density at radius 3 is 2.31 bits per heavy atom. The number of thioether (sulfide) groups is 1. The van der Waals surface area contributed by atoms with Crippen LogP contribution in [0.15, 0.2) is 29.2 Å². The molecule has 1 aliphatic heterocycles. The van der Waals surface area contributed by atoms with E-state index in [0.717, 1.165) is 31.5 Å². The number of likely N-dealkylation sites (tertiary alicyclic amines) is 1. The Bertz CT molecular complexity index is 355. The monoisotopic (exact) mass is 235 g/mol. The molecule has 0 saturated carbocycles. The van der Waals surface area contributed by atoms with Gasteiger partial charge in [0, 0.05) is 23.5 Å². The molecule has 0 atom stereocenters. The molecule has 0 aliphatic carbocycles. The molecule has 16 heavy (non-hydrogen) atoms. The van der Waals surface area contributed by atoms with E-state index in [9.17, 15) is 4.79 Å². The van der Waals surface area contributed by atoms with Crippen LogP contribution in [0.25, 0.3) is 0 Å². The minimum Gasteiger partial charge on any atom is -0.339 e. The van der Waals surface area contributed by atoms with Gasteiger partial charge in [0.25, 0.3) is 5.91 Å². The standard InChI is InChI=1S/C13H17NOS/c1-16-12-7-5-11(6-8-12)13(15)14-9-3-2-4-10-14/h5-8H,2-4,9-10H2,1H3. The maximum Gasteiger partial charge on any atom is 0.253 e. The smallest absolute Gasteiger partial charge is 0.253 e. The van der Waals surface area contributed by atoms with Crippen LogP contribution in [0.4, 0.5) is 0 Å². The number of benzene rings is 1. The summed E-state index contributed by atoms with van der Waals surface area (Å²) >= 11 is 1.70. The fourth-order valence-electron chi connectivity index (χ4n) is 2.01. The van der Waals surface area contributed by atoms with E-state index in [2.05, 4.69) is 0 Å². The molecule has 0 bridgehead atoms. The Labute approximate surface area is 101 Å². The fourth-order valence-corrected chi connectivity index (χ4v) is 2.42. The zero-order chi connectivity index (χ0) is 11.4. The fraction of sp³-hybridized carbons (Fsp3) is 0.462. The number of carbonyl (C=O) groups is 1. The Kier molecular flexibility index (Phi) is 3.88. The lowest BCUT2D eigenvalue weighted by atomic mass is 10.1. The van der Waals surface area contributed by atoms with E-state index >= 15 is 0 Å². The summed E-state index contributed by atoms with van der Waals surface area (Å²) in [5, 5.41) is 0. The maximum absolute atomic E-state index is 12.1. The van der Waals surface area contributed by atoms with Crippen LogP contribution in [0, 0.1) is 0 Å². The van der Waals surface area contributed by atoms with E-state index < -0.39 is 0 Å². The van der Waals surface area contributed by atoms with Gasteiger partial charge >= 0.3 is 0 Å². The highest BCUT2D eigenvalue weighted by molar-refractivity contribution is 7.98. The van der Waals surface area contributed by atoms with Crippen LogP contribution in [0.5, 0.6) is 0 Å². The Morgan fingerprint density at radius 1 is 1.12 bits per heavy atom. The first-order valence-electron chi connectivity index (χ1n) is 5.74. The third kappa shape index (κ3) is 2.59. The first-order chi connectivity index (χ1) is 7.81. The molecule has 0 N–H and O–H groups in total. The van der Waals surface area contributed by atoms with Crippen molar-refractivity contribution in [2.45, 2.75) is 24.2 Å². The molecule has 1 aromatic carbocycles. The number of rotatable bonds is 2. The number of amides is 1. The van der Waals surface area contributed by atoms with Crippen molar-refractivity contribution in [1.82, 2.24) is 4.90 Å². The molecule has 2 nitrogen and oxygen atoms in total. The molecule has 0 unspecified atom stereocenters. The normalized spacial score (nSPS) is 16.2. The summed E-state index contributed by atoms with van der Waals surface area (Å²) in [4.78, 5) is 15.3. The largest absolute Gasteiger partial charge is 0.339 e. The second-order valence-electron chi connectivity index (χ2n) is 4.08. The van der Waals surface area contributed by atoms with Crippen LogP contribution in [0.3, 0.4) is 0 Å². The maximum atomic E-state index is 12.1. The van der Waals surface area contributed by atoms with Crippen molar-refractivity contribution in [3.05, 3.63) is 29.8 Å². The zero-order valence-corrected chi connectivity index (χ0v) is 10.4. The van der Waals surface area contributed by atoms with E-state index in [1.807, 2.05) is 35.4 Å². The lowest BCUT2D eigenvalue weighted by Crippen LogP contribution is -2.35. The summed E-state index contributed by atoms with van der Waals surface area (Å²) in [6, 6.07) is 7.90. The Morgan fingerprint density at radius 2 is 1.75 bits per heavy atom. The van der Waals surface area contributed by atoms with Gasteiger partial charge in [0.05, 0.1) is 0 Å². The first-order valence-corrected chi connectivity index (χ1v) is 6.97. The van der Waals surface area contributed by atoms with Gasteiger partial charge in [0.1, 0.15) is 0 Å². The summed E-state index contributed by atoms with van der Waals surface area (Å²) in [6.07, 6.45) is 5.60. The van der Waals surface area contributed by atoms with Crippen molar-refractivity contribution in [2.75, 3.05) is 19.3 Å². The summed E-state index contributed by atoms with van der Waals surface area (Å²) < 4.78 is 0. The highest BCUT2D eigenvalue weighted by Gasteiger charge is 2.17. The van der Waals surface area contributed by atoms with Crippen LogP contribution in [0.2, 0.25) is 0 Å². The minimum atomic E-state index is 0.187. The SMILES string of the molecule is CSc1ccc(C(=O)N2CCCCC2)cc1. The van der Waals surface area contributed by atoms with Gasteiger partial charge in [-0.2, -0.15) is 0 Å². The second kappa shape index (κ2) is 5.39. The molecule has 2 rings (SSSR count). The van der Waals surface area contributed by atoms with Crippen molar-refractivity contribution in [3.8, 4) is 0 Å². The molecule has 86 valence electrons. The molecular formula is C13H17NOS. The zero-order valence-electron chi connectivity index (χ0n) is 9.61. The molecule has 0 radical (unpaired) electrons. The number of carbonyl (C=O) groups excluding carboxylic acids is 1. The summed E-state index contributed by atoms with van der Waals surface area (Å²) in [6.45, 7) is 1.84. The minimum absolute atomic E-state index is 0.187. The molecule has 1 aliphatic rings. The van der Waals surface area contributed by atoms with E-state index in [0.29, 0.717) is 0 Å². The van der Waals surface area contributed by atoms with E-state index in [1.54, 1.807) is 11.8 Å². The third-order valence-corrected chi connectivity index (χ3v) is 3.72. The van der Waals surface area contributed by atoms with Crippen molar-refractivity contribution < 1.29 is 4.79 Å². The predicted molar refractivity (Wildman–Crippen MR) is 68.0 cm³/mol. The number of hydrogen-bond donors (Lipinski definition) is 0. The van der Waals surface area contributed by atoms with Crippen LogP contribution in [0.1, 0.15) is 29.6 Å². The molecule has 1 fully saturated rings. The molecule has 0 aromatic heterocycles. The van der Waals surface area contributed by atoms with Gasteiger partial charge in [0.15, 0.2) is 0 Å². The van der Waals surface area contributed by atoms with E-state index in [1.165, 1.54) is 11.3 Å². The molecule has 3 heteroatoms. The van der Waals surface area contributed by atoms with Crippen LogP contribution in [-0.4, -0.2) is 30.2 Å². The van der Waals surface area contributed by atoms with Crippen molar-refractivity contribution >= 4 is 17.7 Å². The van der Waals surface area contributed by atoms with Gasteiger partial charge in [-0.05, 0) is 49.8 Å². The van der Waals surface area contributed by atoms with Gasteiger partial charge in [-0.1, -0.05) is 0 Å². The average molecular weight is 235 g/mol. The highest BCUT2D eigenvalue weighted by atomic mass is 32.2. The van der Waals surface area contributed by atoms with Gasteiger partial charge < -0.3 is 4.90 Å². The first kappa shape index (κ1) is 11.5. The summed E-state index contributed by atoms with van der Waals surface area (Å²) in [7, 11) is 0. The molecule has 0 spiro atoms. The topological polar surface area (TPSA) is 20.3 Å². The molecule has 1 amide bonds. The van der Waals surface area contributed by atoms with Gasteiger partial charge in [-0.15, -0.1) is 11.8 Å². The van der Waals surface area contributed by atoms with E-state index in [-0.39, 0.29) is 5.91 Å². The predicted octanol–water partition coefficient (Wildman–Crippen LogP) is 3.03. The molecule has 1 aromatic rings. The quantitative estimate of drug-likeness (QED) is 0.734. The Balaban J connectivity index is 2.07. The van der Waals surface area contributed by atoms with Crippen LogP contribution >= 0.6 is 11.8 Å². The van der Waals surface area contributed by atoms with Gasteiger partial charge in [-0.3, -0.25) is 4.79 Å². The molecular weight excluding hydrogens is 218 g/mol. The van der Waals surface area contributed by atoms with Crippen molar-refractivity contribution in [3.63, 3.8) is 0 Å². The number of hydrogen-bond acceptors (Lipinski definition) is 2. The highest BCUT2D eigenvalue weighted by Crippen LogP contribution is 2.17. The van der Waals surface area contributed by atoms with Gasteiger partial charge in [0.2, 0.25) is 0 Å². The average Bonchev–Trinajstić information content (AvgIpc) is 2.39. The number of nitrogens with zero attached hydrogens (tertiary/aromatic N) is 1. The molecule has 1 saturated heterocycles. The summed E-state index contributed by atoms with van der Waals surface area (Å²) in [5.41, 5.74) is 0.819. The van der Waals surface area contributed by atoms with Crippen LogP contribution in [-0.2, 0) is 0 Å². The summed E-state index contributed by atoms with van der Waals surface area (Å²) in [5.74, 6) is 0.187. The van der Waals surface area contributed by atoms with Crippen LogP contribution < -0.4 is 0 Å². The Hall–Kier alpha value is -0.960. The van der Waals surface area contributed by atoms with Crippen molar-refractivity contribution in [1.29, 1.82) is 0 Å². The lowest BCUT2D eigenvalue weighted by Gasteiger charge is -2.26. The van der Waals surface area contributed by atoms with Gasteiger partial charge in [-0.25, -0.2) is 0 Å². The van der Waals surface area contributed by atoms with E-state index in [4.69, 9.17) is 0 Å².